The maximum absolute atomic E-state index is 11.6. The highest BCUT2D eigenvalue weighted by Crippen LogP contribution is 2.38. The van der Waals surface area contributed by atoms with Crippen LogP contribution in [0.4, 0.5) is 5.69 Å². The Morgan fingerprint density at radius 1 is 1.13 bits per heavy atom. The van der Waals surface area contributed by atoms with Crippen LogP contribution in [0.1, 0.15) is 11.1 Å². The zero-order chi connectivity index (χ0) is 22.7. The standard InChI is InChI=1S/C20H20N2O9/c1-10-6-15(29-13-5-3-2-4-11(13)8-21)12(22(27)28)7-14(10)30-20-19(26)18(25)17(24)16(9-23)31-20/h2-7,16-20,23-26H,9H2,1H3. The molecule has 0 bridgehead atoms. The lowest BCUT2D eigenvalue weighted by atomic mass is 9.99. The summed E-state index contributed by atoms with van der Waals surface area (Å²) in [4.78, 5) is 10.9. The molecule has 2 aromatic carbocycles. The van der Waals surface area contributed by atoms with Crippen molar-refractivity contribution in [1.29, 1.82) is 5.26 Å². The highest BCUT2D eigenvalue weighted by atomic mass is 16.7. The first-order chi connectivity index (χ1) is 14.8. The lowest BCUT2D eigenvalue weighted by molar-refractivity contribution is -0.385. The van der Waals surface area contributed by atoms with Crippen LogP contribution in [0, 0.1) is 28.4 Å². The number of ether oxygens (including phenoxy) is 3. The van der Waals surface area contributed by atoms with Gasteiger partial charge in [-0.15, -0.1) is 0 Å². The zero-order valence-corrected chi connectivity index (χ0v) is 16.3. The highest BCUT2D eigenvalue weighted by Gasteiger charge is 2.45. The molecule has 0 radical (unpaired) electrons. The van der Waals surface area contributed by atoms with E-state index in [9.17, 15) is 35.8 Å². The van der Waals surface area contributed by atoms with E-state index in [-0.39, 0.29) is 22.8 Å². The van der Waals surface area contributed by atoms with Crippen molar-refractivity contribution < 1.29 is 39.6 Å². The van der Waals surface area contributed by atoms with Gasteiger partial charge in [-0.3, -0.25) is 10.1 Å². The summed E-state index contributed by atoms with van der Waals surface area (Å²) in [7, 11) is 0. The summed E-state index contributed by atoms with van der Waals surface area (Å²) in [6.07, 6.45) is -7.58. The Kier molecular flexibility index (Phi) is 6.69. The number of rotatable bonds is 6. The van der Waals surface area contributed by atoms with Gasteiger partial charge in [0.05, 0.1) is 23.2 Å². The van der Waals surface area contributed by atoms with E-state index in [0.717, 1.165) is 6.07 Å². The van der Waals surface area contributed by atoms with Gasteiger partial charge in [-0.1, -0.05) is 12.1 Å². The van der Waals surface area contributed by atoms with Gasteiger partial charge in [-0.05, 0) is 30.7 Å². The lowest BCUT2D eigenvalue weighted by Crippen LogP contribution is -2.60. The van der Waals surface area contributed by atoms with Crippen LogP contribution in [0.15, 0.2) is 36.4 Å². The molecule has 31 heavy (non-hydrogen) atoms. The predicted octanol–water partition coefficient (Wildman–Crippen LogP) is 0.746. The first-order valence-corrected chi connectivity index (χ1v) is 9.20. The van der Waals surface area contributed by atoms with Gasteiger partial charge in [0.15, 0.2) is 0 Å². The molecular formula is C20H20N2O9. The molecule has 4 N–H and O–H groups in total. The molecule has 164 valence electrons. The number of nitriles is 1. The van der Waals surface area contributed by atoms with Gasteiger partial charge in [0, 0.05) is 0 Å². The highest BCUT2D eigenvalue weighted by molar-refractivity contribution is 5.57. The first kappa shape index (κ1) is 22.4. The van der Waals surface area contributed by atoms with E-state index in [2.05, 4.69) is 0 Å². The minimum absolute atomic E-state index is 0.0445. The fourth-order valence-electron chi connectivity index (χ4n) is 3.06. The normalized spacial score (nSPS) is 25.5. The number of aliphatic hydroxyl groups is 4. The Labute approximate surface area is 176 Å². The summed E-state index contributed by atoms with van der Waals surface area (Å²) < 4.78 is 16.4. The van der Waals surface area contributed by atoms with Crippen LogP contribution in [0.2, 0.25) is 0 Å². The van der Waals surface area contributed by atoms with Crippen LogP contribution >= 0.6 is 0 Å². The van der Waals surface area contributed by atoms with Crippen molar-refractivity contribution in [3.63, 3.8) is 0 Å². The number of para-hydroxylation sites is 1. The van der Waals surface area contributed by atoms with Gasteiger partial charge < -0.3 is 34.6 Å². The molecular weight excluding hydrogens is 412 g/mol. The van der Waals surface area contributed by atoms with Gasteiger partial charge in [0.2, 0.25) is 12.0 Å². The van der Waals surface area contributed by atoms with Crippen molar-refractivity contribution in [2.45, 2.75) is 37.6 Å². The van der Waals surface area contributed by atoms with Crippen molar-refractivity contribution in [3.05, 3.63) is 57.6 Å². The average Bonchev–Trinajstić information content (AvgIpc) is 2.75. The van der Waals surface area contributed by atoms with E-state index >= 15 is 0 Å². The molecule has 5 atom stereocenters. The number of nitrogens with zero attached hydrogens (tertiary/aromatic N) is 2. The Balaban J connectivity index is 1.92. The first-order valence-electron chi connectivity index (χ1n) is 9.20. The minimum Gasteiger partial charge on any atom is -0.461 e. The maximum atomic E-state index is 11.6. The van der Waals surface area contributed by atoms with E-state index in [1.807, 2.05) is 6.07 Å². The lowest BCUT2D eigenvalue weighted by Gasteiger charge is -2.39. The van der Waals surface area contributed by atoms with Gasteiger partial charge in [0.1, 0.15) is 42.0 Å². The van der Waals surface area contributed by atoms with Gasteiger partial charge in [-0.25, -0.2) is 0 Å². The summed E-state index contributed by atoms with van der Waals surface area (Å²) >= 11 is 0. The molecule has 0 aromatic heterocycles. The summed E-state index contributed by atoms with van der Waals surface area (Å²) in [5.74, 6) is -0.0431. The minimum atomic E-state index is -1.67. The molecule has 1 saturated heterocycles. The Morgan fingerprint density at radius 3 is 2.48 bits per heavy atom. The second-order valence-electron chi connectivity index (χ2n) is 6.87. The van der Waals surface area contributed by atoms with Crippen LogP contribution in [-0.2, 0) is 4.74 Å². The molecule has 11 heteroatoms. The van der Waals surface area contributed by atoms with E-state index < -0.39 is 47.9 Å². The van der Waals surface area contributed by atoms with Gasteiger partial charge in [-0.2, -0.15) is 5.26 Å². The number of hydrogen-bond acceptors (Lipinski definition) is 10. The summed E-state index contributed by atoms with van der Waals surface area (Å²) in [6, 6.07) is 10.6. The molecule has 3 rings (SSSR count). The maximum Gasteiger partial charge on any atom is 0.315 e. The molecule has 0 saturated carbocycles. The van der Waals surface area contributed by atoms with Crippen molar-refractivity contribution in [2.24, 2.45) is 0 Å². The third-order valence-corrected chi connectivity index (χ3v) is 4.77. The van der Waals surface area contributed by atoms with Crippen LogP contribution in [0.25, 0.3) is 0 Å². The summed E-state index contributed by atoms with van der Waals surface area (Å²) in [6.45, 7) is 0.918. The topological polar surface area (TPSA) is 176 Å². The number of aliphatic hydroxyl groups excluding tert-OH is 4. The Morgan fingerprint density at radius 2 is 1.84 bits per heavy atom. The number of aryl methyl sites for hydroxylation is 1. The molecule has 1 aliphatic heterocycles. The second kappa shape index (κ2) is 9.25. The zero-order valence-electron chi connectivity index (χ0n) is 16.3. The third kappa shape index (κ3) is 4.58. The molecule has 0 aliphatic carbocycles. The van der Waals surface area contributed by atoms with Crippen molar-refractivity contribution >= 4 is 5.69 Å². The Bertz CT molecular complexity index is 1000. The fourth-order valence-corrected chi connectivity index (χ4v) is 3.06. The van der Waals surface area contributed by atoms with E-state index in [0.29, 0.717) is 5.56 Å². The number of nitro groups is 1. The SMILES string of the molecule is Cc1cc(Oc2ccccc2C#N)c([N+](=O)[O-])cc1OC1OC(CO)C(O)C(O)C1O. The molecule has 2 aromatic rings. The van der Waals surface area contributed by atoms with Gasteiger partial charge >= 0.3 is 5.69 Å². The van der Waals surface area contributed by atoms with Crippen LogP contribution < -0.4 is 9.47 Å². The van der Waals surface area contributed by atoms with Gasteiger partial charge in [0.25, 0.3) is 0 Å². The molecule has 1 fully saturated rings. The average molecular weight is 432 g/mol. The van der Waals surface area contributed by atoms with E-state index in [1.54, 1.807) is 19.1 Å². The third-order valence-electron chi connectivity index (χ3n) is 4.77. The van der Waals surface area contributed by atoms with E-state index in [4.69, 9.17) is 14.2 Å². The number of nitro benzene ring substituents is 1. The number of benzene rings is 2. The molecule has 0 spiro atoms. The van der Waals surface area contributed by atoms with Crippen LogP contribution in [0.3, 0.4) is 0 Å². The molecule has 5 unspecified atom stereocenters. The molecule has 1 aliphatic rings. The van der Waals surface area contributed by atoms with Crippen molar-refractivity contribution in [3.8, 4) is 23.3 Å². The molecule has 11 nitrogen and oxygen atoms in total. The predicted molar refractivity (Wildman–Crippen MR) is 103 cm³/mol. The summed E-state index contributed by atoms with van der Waals surface area (Å²) in [5, 5.41) is 59.9. The largest absolute Gasteiger partial charge is 0.461 e. The van der Waals surface area contributed by atoms with Crippen molar-refractivity contribution in [2.75, 3.05) is 6.61 Å². The summed E-state index contributed by atoms with van der Waals surface area (Å²) in [5.41, 5.74) is 0.0843. The van der Waals surface area contributed by atoms with Crippen molar-refractivity contribution in [1.82, 2.24) is 0 Å². The monoisotopic (exact) mass is 432 g/mol. The Hall–Kier alpha value is -3.27. The smallest absolute Gasteiger partial charge is 0.315 e. The molecule has 1 heterocycles. The molecule has 0 amide bonds. The van der Waals surface area contributed by atoms with Crippen LogP contribution in [-0.4, -0.2) is 62.7 Å². The second-order valence-corrected chi connectivity index (χ2v) is 6.87. The fraction of sp³-hybridized carbons (Fsp3) is 0.350. The quantitative estimate of drug-likeness (QED) is 0.376. The van der Waals surface area contributed by atoms with E-state index in [1.165, 1.54) is 18.2 Å². The van der Waals surface area contributed by atoms with Crippen LogP contribution in [0.5, 0.6) is 17.2 Å². The number of hydrogen-bond donors (Lipinski definition) is 4.